The fraction of sp³-hybridized carbons (Fsp3) is 0. The normalized spacial score (nSPS) is 12.1. The number of nitrogens with one attached hydrogen (secondary N) is 1. The highest BCUT2D eigenvalue weighted by Gasteiger charge is 2.19. The fourth-order valence-corrected chi connectivity index (χ4v) is 7.59. The Kier molecular flexibility index (Phi) is 4.24. The van der Waals surface area contributed by atoms with Crippen LogP contribution in [0.5, 0.6) is 0 Å². The van der Waals surface area contributed by atoms with Crippen molar-refractivity contribution < 1.29 is 0 Å². The van der Waals surface area contributed by atoms with Gasteiger partial charge in [-0.05, 0) is 48.0 Å². The second-order valence-electron chi connectivity index (χ2n) is 10.2. The summed E-state index contributed by atoms with van der Waals surface area (Å²) in [6, 6.07) is 46.3. The molecular formula is C36H22N2S. The van der Waals surface area contributed by atoms with E-state index in [1.54, 1.807) is 0 Å². The van der Waals surface area contributed by atoms with Crippen LogP contribution in [0, 0.1) is 0 Å². The predicted octanol–water partition coefficient (Wildman–Crippen LogP) is 10.5. The van der Waals surface area contributed by atoms with Crippen LogP contribution in [-0.2, 0) is 0 Å². The van der Waals surface area contributed by atoms with Gasteiger partial charge in [0.1, 0.15) is 0 Å². The van der Waals surface area contributed by atoms with Gasteiger partial charge >= 0.3 is 0 Å². The molecule has 1 N–H and O–H groups in total. The molecule has 0 atom stereocenters. The molecule has 0 unspecified atom stereocenters. The first-order valence-electron chi connectivity index (χ1n) is 13.3. The highest BCUT2D eigenvalue weighted by Crippen LogP contribution is 2.45. The Morgan fingerprint density at radius 3 is 2.18 bits per heavy atom. The van der Waals surface area contributed by atoms with Crippen molar-refractivity contribution >= 4 is 75.1 Å². The van der Waals surface area contributed by atoms with E-state index in [1.165, 1.54) is 80.6 Å². The smallest absolute Gasteiger partial charge is 0.0555 e. The quantitative estimate of drug-likeness (QED) is 0.237. The van der Waals surface area contributed by atoms with Gasteiger partial charge in [-0.2, -0.15) is 0 Å². The predicted molar refractivity (Wildman–Crippen MR) is 168 cm³/mol. The van der Waals surface area contributed by atoms with E-state index in [0.717, 1.165) is 0 Å². The molecule has 2 nitrogen and oxygen atoms in total. The maximum Gasteiger partial charge on any atom is 0.0555 e. The first kappa shape index (κ1) is 21.1. The Morgan fingerprint density at radius 2 is 1.26 bits per heavy atom. The molecule has 0 radical (unpaired) electrons. The number of hydrogen-bond donors (Lipinski definition) is 1. The van der Waals surface area contributed by atoms with E-state index in [2.05, 4.69) is 137 Å². The average Bonchev–Trinajstić information content (AvgIpc) is 3.65. The molecule has 3 heterocycles. The van der Waals surface area contributed by atoms with E-state index < -0.39 is 0 Å². The van der Waals surface area contributed by atoms with Gasteiger partial charge in [0.05, 0.1) is 16.7 Å². The monoisotopic (exact) mass is 514 g/mol. The molecule has 0 spiro atoms. The minimum Gasteiger partial charge on any atom is -0.354 e. The highest BCUT2D eigenvalue weighted by atomic mass is 32.1. The molecule has 9 rings (SSSR count). The number of aromatic nitrogens is 2. The molecule has 0 aliphatic rings. The minimum atomic E-state index is 1.19. The van der Waals surface area contributed by atoms with E-state index in [0.29, 0.717) is 0 Å². The molecular weight excluding hydrogens is 492 g/mol. The molecule has 0 amide bonds. The van der Waals surface area contributed by atoms with Crippen LogP contribution in [0.4, 0.5) is 0 Å². The SMILES string of the molecule is c1ccc(-c2ccccc2-n2c3ccccc3c3cc4c(cc32)sc2ccc3[nH]c5ccccc5c3c24)cc1. The van der Waals surface area contributed by atoms with Crippen molar-refractivity contribution in [2.24, 2.45) is 0 Å². The molecule has 39 heavy (non-hydrogen) atoms. The van der Waals surface area contributed by atoms with E-state index in [1.807, 2.05) is 11.3 Å². The molecule has 3 aromatic heterocycles. The van der Waals surface area contributed by atoms with Crippen molar-refractivity contribution in [3.05, 3.63) is 127 Å². The molecule has 0 saturated heterocycles. The topological polar surface area (TPSA) is 20.7 Å². The maximum atomic E-state index is 3.64. The summed E-state index contributed by atoms with van der Waals surface area (Å²) >= 11 is 1.89. The third-order valence-electron chi connectivity index (χ3n) is 8.13. The van der Waals surface area contributed by atoms with E-state index >= 15 is 0 Å². The lowest BCUT2D eigenvalue weighted by molar-refractivity contribution is 1.18. The Labute approximate surface area is 228 Å². The zero-order chi connectivity index (χ0) is 25.5. The van der Waals surface area contributed by atoms with Crippen LogP contribution in [0.25, 0.3) is 80.6 Å². The van der Waals surface area contributed by atoms with E-state index in [-0.39, 0.29) is 0 Å². The minimum absolute atomic E-state index is 1.19. The van der Waals surface area contributed by atoms with Crippen LogP contribution in [0.15, 0.2) is 127 Å². The largest absolute Gasteiger partial charge is 0.354 e. The van der Waals surface area contributed by atoms with Crippen molar-refractivity contribution in [3.8, 4) is 16.8 Å². The van der Waals surface area contributed by atoms with Crippen molar-refractivity contribution in [2.75, 3.05) is 0 Å². The number of para-hydroxylation sites is 3. The molecule has 0 saturated carbocycles. The molecule has 0 aliphatic carbocycles. The standard InChI is InChI=1S/C36H22N2S/c1-2-10-22(11-3-1)23-12-5-8-16-30(23)38-31-17-9-6-13-24(31)26-20-27-34(21-32(26)38)39-33-19-18-29-35(36(27)33)25-14-4-7-15-28(25)37-29/h1-21,37H. The van der Waals surface area contributed by atoms with Crippen LogP contribution in [-0.4, -0.2) is 9.55 Å². The fourth-order valence-electron chi connectivity index (χ4n) is 6.46. The van der Waals surface area contributed by atoms with Crippen molar-refractivity contribution in [2.45, 2.75) is 0 Å². The number of thiophene rings is 1. The number of nitrogens with zero attached hydrogens (tertiary/aromatic N) is 1. The third-order valence-corrected chi connectivity index (χ3v) is 9.24. The third kappa shape index (κ3) is 2.91. The number of rotatable bonds is 2. The summed E-state index contributed by atoms with van der Waals surface area (Å²) < 4.78 is 5.10. The first-order chi connectivity index (χ1) is 19.3. The first-order valence-corrected chi connectivity index (χ1v) is 14.1. The van der Waals surface area contributed by atoms with Gasteiger partial charge in [-0.1, -0.05) is 84.9 Å². The summed E-state index contributed by atoms with van der Waals surface area (Å²) in [6.07, 6.45) is 0. The van der Waals surface area contributed by atoms with Gasteiger partial charge in [-0.25, -0.2) is 0 Å². The number of fused-ring (bicyclic) bond motifs is 10. The zero-order valence-electron chi connectivity index (χ0n) is 21.0. The molecule has 0 aliphatic heterocycles. The Hall–Kier alpha value is -4.86. The van der Waals surface area contributed by atoms with Gasteiger partial charge in [0, 0.05) is 58.3 Å². The number of H-pyrrole nitrogens is 1. The summed E-state index contributed by atoms with van der Waals surface area (Å²) in [4.78, 5) is 3.64. The molecule has 182 valence electrons. The van der Waals surface area contributed by atoms with Crippen molar-refractivity contribution in [1.29, 1.82) is 0 Å². The molecule has 0 fully saturated rings. The van der Waals surface area contributed by atoms with Crippen LogP contribution >= 0.6 is 11.3 Å². The number of hydrogen-bond acceptors (Lipinski definition) is 1. The number of benzene rings is 6. The molecule has 0 bridgehead atoms. The lowest BCUT2D eigenvalue weighted by Crippen LogP contribution is -1.96. The highest BCUT2D eigenvalue weighted by molar-refractivity contribution is 7.26. The van der Waals surface area contributed by atoms with Gasteiger partial charge in [-0.15, -0.1) is 11.3 Å². The van der Waals surface area contributed by atoms with Gasteiger partial charge in [-0.3, -0.25) is 0 Å². The number of aromatic amines is 1. The summed E-state index contributed by atoms with van der Waals surface area (Å²) in [7, 11) is 0. The van der Waals surface area contributed by atoms with Gasteiger partial charge < -0.3 is 9.55 Å². The van der Waals surface area contributed by atoms with Crippen LogP contribution in [0.2, 0.25) is 0 Å². The van der Waals surface area contributed by atoms with E-state index in [9.17, 15) is 0 Å². The van der Waals surface area contributed by atoms with Crippen LogP contribution in [0.3, 0.4) is 0 Å². The second kappa shape index (κ2) is 7.83. The van der Waals surface area contributed by atoms with Crippen LogP contribution < -0.4 is 0 Å². The Morgan fingerprint density at radius 1 is 0.487 bits per heavy atom. The zero-order valence-corrected chi connectivity index (χ0v) is 21.8. The van der Waals surface area contributed by atoms with E-state index in [4.69, 9.17) is 0 Å². The summed E-state index contributed by atoms with van der Waals surface area (Å²) in [5.74, 6) is 0. The molecule has 6 aromatic carbocycles. The van der Waals surface area contributed by atoms with Crippen molar-refractivity contribution in [1.82, 2.24) is 9.55 Å². The molecule has 3 heteroatoms. The lowest BCUT2D eigenvalue weighted by atomic mass is 10.0. The van der Waals surface area contributed by atoms with Gasteiger partial charge in [0.2, 0.25) is 0 Å². The second-order valence-corrected chi connectivity index (χ2v) is 11.3. The average molecular weight is 515 g/mol. The van der Waals surface area contributed by atoms with Crippen LogP contribution in [0.1, 0.15) is 0 Å². The summed E-state index contributed by atoms with van der Waals surface area (Å²) in [5.41, 5.74) is 8.52. The van der Waals surface area contributed by atoms with Gasteiger partial charge in [0.25, 0.3) is 0 Å². The lowest BCUT2D eigenvalue weighted by Gasteiger charge is -2.14. The summed E-state index contributed by atoms with van der Waals surface area (Å²) in [5, 5.41) is 7.87. The van der Waals surface area contributed by atoms with Gasteiger partial charge in [0.15, 0.2) is 0 Å². The summed E-state index contributed by atoms with van der Waals surface area (Å²) in [6.45, 7) is 0. The maximum absolute atomic E-state index is 3.64. The van der Waals surface area contributed by atoms with Crippen molar-refractivity contribution in [3.63, 3.8) is 0 Å². The molecule has 9 aromatic rings. The Balaban J connectivity index is 1.44. The Bertz CT molecular complexity index is 2390.